The first-order valence-corrected chi connectivity index (χ1v) is 4.89. The lowest BCUT2D eigenvalue weighted by Gasteiger charge is -1.93. The number of halogens is 1. The second-order valence-electron chi connectivity index (χ2n) is 1.96. The van der Waals surface area contributed by atoms with Gasteiger partial charge in [-0.15, -0.1) is 0 Å². The molecule has 1 aromatic heterocycles. The van der Waals surface area contributed by atoms with Gasteiger partial charge in [-0.05, 0) is 6.92 Å². The molecule has 0 saturated heterocycles. The van der Waals surface area contributed by atoms with Crippen molar-refractivity contribution in [3.05, 3.63) is 17.1 Å². The summed E-state index contributed by atoms with van der Waals surface area (Å²) in [5.74, 6) is 0.294. The Morgan fingerprint density at radius 1 is 1.67 bits per heavy atom. The highest BCUT2D eigenvalue weighted by molar-refractivity contribution is 7.28. The monoisotopic (exact) mass is 251 g/mol. The predicted molar refractivity (Wildman–Crippen MR) is 43.3 cm³/mol. The zero-order valence-corrected chi connectivity index (χ0v) is 9.10. The highest BCUT2D eigenvalue weighted by Crippen LogP contribution is 2.15. The van der Waals surface area contributed by atoms with Crippen molar-refractivity contribution in [3.8, 4) is 0 Å². The van der Waals surface area contributed by atoms with E-state index >= 15 is 0 Å². The van der Waals surface area contributed by atoms with E-state index in [4.69, 9.17) is 4.74 Å². The van der Waals surface area contributed by atoms with E-state index in [1.807, 2.05) is 5.38 Å². The fraction of sp³-hybridized carbons (Fsp3) is 0.429. The smallest absolute Gasteiger partial charge is 0.361 e. The van der Waals surface area contributed by atoms with Crippen molar-refractivity contribution in [1.29, 1.82) is 0 Å². The molecule has 0 aliphatic carbocycles. The fourth-order valence-electron chi connectivity index (χ4n) is 0.686. The molecular formula is C7H10BrNO2S. The Morgan fingerprint density at radius 2 is 2.42 bits per heavy atom. The van der Waals surface area contributed by atoms with Crippen molar-refractivity contribution in [2.75, 3.05) is 6.61 Å². The van der Waals surface area contributed by atoms with Gasteiger partial charge in [0.25, 0.3) is 0 Å². The highest BCUT2D eigenvalue weighted by Gasteiger charge is 2.10. The van der Waals surface area contributed by atoms with Crippen molar-refractivity contribution in [2.24, 2.45) is 0 Å². The molecule has 0 spiro atoms. The Morgan fingerprint density at radius 3 is 2.92 bits per heavy atom. The average Bonchev–Trinajstić information content (AvgIpc) is 2.40. The highest BCUT2D eigenvalue weighted by atomic mass is 79.9. The first kappa shape index (κ1) is 11.6. The molecule has 1 heterocycles. The Balaban J connectivity index is 0.00000121. The van der Waals surface area contributed by atoms with Crippen LogP contribution in [0.3, 0.4) is 0 Å². The van der Waals surface area contributed by atoms with Gasteiger partial charge in [-0.2, -0.15) is 0 Å². The maximum absolute atomic E-state index is 10.9. The molecule has 0 N–H and O–H groups in total. The van der Waals surface area contributed by atoms with Crippen molar-refractivity contribution < 1.29 is 26.5 Å². The molecule has 0 aromatic carbocycles. The third-order valence-electron chi connectivity index (χ3n) is 1.11. The molecule has 1 atom stereocenters. The number of hydrogen-bond donors (Lipinski definition) is 0. The minimum atomic E-state index is -0.145. The molecule has 1 aromatic rings. The van der Waals surface area contributed by atoms with Gasteiger partial charge in [-0.1, -0.05) is 0 Å². The number of hydrogen-bond acceptors (Lipinski definition) is 3. The van der Waals surface area contributed by atoms with E-state index in [-0.39, 0.29) is 33.4 Å². The van der Waals surface area contributed by atoms with Crippen molar-refractivity contribution in [2.45, 2.75) is 12.7 Å². The Hall–Kier alpha value is -0.420. The Labute approximate surface area is 84.5 Å². The van der Waals surface area contributed by atoms with Gasteiger partial charge in [0.15, 0.2) is 5.38 Å². The topological polar surface area (TPSA) is 39.2 Å². The van der Waals surface area contributed by atoms with E-state index in [2.05, 4.69) is 4.98 Å². The van der Waals surface area contributed by atoms with Crippen molar-refractivity contribution in [1.82, 2.24) is 4.98 Å². The van der Waals surface area contributed by atoms with Gasteiger partial charge in [0, 0.05) is 10.5 Å². The third kappa shape index (κ3) is 3.82. The van der Waals surface area contributed by atoms with Gasteiger partial charge in [0.1, 0.15) is 0 Å². The quantitative estimate of drug-likeness (QED) is 0.480. The lowest BCUT2D eigenvalue weighted by atomic mass is 10.8. The van der Waals surface area contributed by atoms with E-state index in [9.17, 15) is 4.79 Å². The third-order valence-corrected chi connectivity index (χ3v) is 2.54. The van der Waals surface area contributed by atoms with Crippen LogP contribution in [0.5, 0.6) is 0 Å². The van der Waals surface area contributed by atoms with Crippen LogP contribution >= 0.6 is 10.5 Å². The zero-order chi connectivity index (χ0) is 8.10. The number of rotatable bonds is 3. The summed E-state index contributed by atoms with van der Waals surface area (Å²) in [6, 6.07) is 0. The molecule has 0 amide bonds. The summed E-state index contributed by atoms with van der Waals surface area (Å²) in [7, 11) is -0.106. The van der Waals surface area contributed by atoms with Crippen LogP contribution in [-0.4, -0.2) is 17.6 Å². The fourth-order valence-corrected chi connectivity index (χ4v) is 1.74. The molecule has 68 valence electrons. The Kier molecular flexibility index (Phi) is 5.92. The first-order chi connectivity index (χ1) is 5.33. The van der Waals surface area contributed by atoms with Gasteiger partial charge in [-0.25, -0.2) is 9.78 Å². The number of ether oxygens (including phenoxy) is 1. The van der Waals surface area contributed by atoms with Gasteiger partial charge < -0.3 is 21.7 Å². The van der Waals surface area contributed by atoms with Gasteiger partial charge in [-0.3, -0.25) is 0 Å². The summed E-state index contributed by atoms with van der Waals surface area (Å²) in [5, 5.41) is 1.91. The molecule has 12 heavy (non-hydrogen) atoms. The number of thiazole rings is 1. The number of aromatic nitrogens is 1. The van der Waals surface area contributed by atoms with E-state index < -0.39 is 0 Å². The average molecular weight is 252 g/mol. The summed E-state index contributed by atoms with van der Waals surface area (Å²) in [4.78, 5) is 14.8. The molecule has 0 aliphatic heterocycles. The minimum absolute atomic E-state index is 0. The molecule has 5 heteroatoms. The van der Waals surface area contributed by atoms with Gasteiger partial charge in [0.2, 0.25) is 11.3 Å². The van der Waals surface area contributed by atoms with Gasteiger partial charge in [0.05, 0.1) is 12.8 Å². The number of nitrogens with zero attached hydrogens (tertiary/aromatic N) is 1. The molecule has 1 rings (SSSR count). The summed E-state index contributed by atoms with van der Waals surface area (Å²) in [6.07, 6.45) is 1.71. The maximum atomic E-state index is 10.9. The van der Waals surface area contributed by atoms with E-state index in [0.29, 0.717) is 12.4 Å². The number of esters is 1. The summed E-state index contributed by atoms with van der Waals surface area (Å²) in [5.41, 5.74) is 1.77. The van der Waals surface area contributed by atoms with Crippen LogP contribution in [0.25, 0.3) is 0 Å². The molecule has 0 bridgehead atoms. The largest absolute Gasteiger partial charge is 1.00 e. The SMILES string of the molecule is CCOC(=O)C[s+]1ccnc1.[Br-]. The molecule has 0 fully saturated rings. The zero-order valence-electron chi connectivity index (χ0n) is 6.70. The lowest BCUT2D eigenvalue weighted by molar-refractivity contribution is -0.141. The van der Waals surface area contributed by atoms with Crippen LogP contribution in [-0.2, 0) is 15.3 Å². The van der Waals surface area contributed by atoms with E-state index in [1.165, 1.54) is 0 Å². The Bertz CT molecular complexity index is 225. The first-order valence-electron chi connectivity index (χ1n) is 3.37. The summed E-state index contributed by atoms with van der Waals surface area (Å²) in [6.45, 7) is 2.26. The van der Waals surface area contributed by atoms with Crippen LogP contribution in [0.1, 0.15) is 6.92 Å². The van der Waals surface area contributed by atoms with Crippen LogP contribution in [0.4, 0.5) is 0 Å². The minimum Gasteiger partial charge on any atom is -1.00 e. The molecular weight excluding hydrogens is 242 g/mol. The van der Waals surface area contributed by atoms with Crippen LogP contribution in [0.15, 0.2) is 17.1 Å². The second kappa shape index (κ2) is 6.14. The molecule has 0 saturated carbocycles. The maximum Gasteiger partial charge on any atom is 0.361 e. The van der Waals surface area contributed by atoms with E-state index in [1.54, 1.807) is 18.6 Å². The number of carbonyl (C=O) groups excluding carboxylic acids is 1. The van der Waals surface area contributed by atoms with Crippen LogP contribution in [0.2, 0.25) is 0 Å². The second-order valence-corrected chi connectivity index (χ2v) is 3.67. The van der Waals surface area contributed by atoms with Crippen LogP contribution < -0.4 is 17.0 Å². The molecule has 0 aliphatic rings. The predicted octanol–water partition coefficient (Wildman–Crippen LogP) is -1.60. The molecule has 0 radical (unpaired) electrons. The van der Waals surface area contributed by atoms with E-state index in [0.717, 1.165) is 0 Å². The summed E-state index contributed by atoms with van der Waals surface area (Å²) < 4.78 is 4.78. The molecule has 1 unspecified atom stereocenters. The van der Waals surface area contributed by atoms with Crippen LogP contribution in [0, 0.1) is 0 Å². The standard InChI is InChI=1S/C7H10NO2S.BrH/c1-2-10-7(9)5-11-4-3-8-6-11;/h3-4,6H,2,5H2,1H3;1H/q+1;/p-1. The molecule has 3 nitrogen and oxygen atoms in total. The van der Waals surface area contributed by atoms with Crippen molar-refractivity contribution >= 4 is 16.4 Å². The summed E-state index contributed by atoms with van der Waals surface area (Å²) >= 11 is 0. The normalized spacial score (nSPS) is 10.2. The van der Waals surface area contributed by atoms with Gasteiger partial charge >= 0.3 is 5.97 Å². The lowest BCUT2D eigenvalue weighted by Crippen LogP contribution is -3.00. The number of carbonyl (C=O) groups is 1. The van der Waals surface area contributed by atoms with Crippen molar-refractivity contribution in [3.63, 3.8) is 0 Å².